The summed E-state index contributed by atoms with van der Waals surface area (Å²) in [6.45, 7) is 0. The van der Waals surface area contributed by atoms with Crippen molar-refractivity contribution < 1.29 is 10.2 Å². The summed E-state index contributed by atoms with van der Waals surface area (Å²) < 4.78 is 0. The third-order valence-corrected chi connectivity index (χ3v) is 9.46. The standard InChI is InChI=1S/C32H44O2/c33-30-18-16-26(22-28(30)24-12-6-4-7-13-24)32(20-10-2-1-3-11-21-32)27-17-19-31(34)29(23-27)25-14-8-5-9-15-25/h16-19,22-25,33-34H,1-15,20-21H2. The molecule has 2 heteroatoms. The Morgan fingerprint density at radius 1 is 0.500 bits per heavy atom. The molecule has 2 nitrogen and oxygen atoms in total. The molecule has 3 saturated carbocycles. The Morgan fingerprint density at radius 3 is 1.32 bits per heavy atom. The molecule has 2 aromatic carbocycles. The number of benzene rings is 2. The van der Waals surface area contributed by atoms with Gasteiger partial charge in [-0.3, -0.25) is 0 Å². The van der Waals surface area contributed by atoms with Crippen LogP contribution in [0.1, 0.15) is 143 Å². The highest BCUT2D eigenvalue weighted by Crippen LogP contribution is 2.48. The van der Waals surface area contributed by atoms with E-state index in [2.05, 4.69) is 24.3 Å². The van der Waals surface area contributed by atoms with Crippen LogP contribution in [0, 0.1) is 0 Å². The lowest BCUT2D eigenvalue weighted by Crippen LogP contribution is -2.29. The van der Waals surface area contributed by atoms with Gasteiger partial charge in [-0.2, -0.15) is 0 Å². The molecule has 0 heterocycles. The fourth-order valence-corrected chi connectivity index (χ4v) is 7.44. The van der Waals surface area contributed by atoms with Crippen molar-refractivity contribution in [3.05, 3.63) is 58.7 Å². The second-order valence-electron chi connectivity index (χ2n) is 11.6. The minimum absolute atomic E-state index is 0.0192. The number of phenols is 2. The van der Waals surface area contributed by atoms with E-state index < -0.39 is 0 Å². The van der Waals surface area contributed by atoms with E-state index in [1.54, 1.807) is 0 Å². The van der Waals surface area contributed by atoms with Crippen LogP contribution in [0.2, 0.25) is 0 Å². The molecule has 0 radical (unpaired) electrons. The van der Waals surface area contributed by atoms with Crippen LogP contribution in [-0.2, 0) is 5.41 Å². The van der Waals surface area contributed by atoms with Gasteiger partial charge in [-0.25, -0.2) is 0 Å². The van der Waals surface area contributed by atoms with E-state index in [1.807, 2.05) is 12.1 Å². The minimum Gasteiger partial charge on any atom is -0.508 e. The van der Waals surface area contributed by atoms with E-state index >= 15 is 0 Å². The van der Waals surface area contributed by atoms with Crippen molar-refractivity contribution >= 4 is 0 Å². The van der Waals surface area contributed by atoms with Crippen LogP contribution in [0.25, 0.3) is 0 Å². The Morgan fingerprint density at radius 2 is 0.882 bits per heavy atom. The summed E-state index contributed by atoms with van der Waals surface area (Å²) in [5.41, 5.74) is 5.14. The second-order valence-corrected chi connectivity index (χ2v) is 11.6. The molecule has 0 spiro atoms. The van der Waals surface area contributed by atoms with Crippen LogP contribution in [0.5, 0.6) is 11.5 Å². The summed E-state index contributed by atoms with van der Waals surface area (Å²) in [6, 6.07) is 13.2. The molecule has 0 aliphatic heterocycles. The van der Waals surface area contributed by atoms with Crippen LogP contribution in [0.15, 0.2) is 36.4 Å². The van der Waals surface area contributed by atoms with Gasteiger partial charge < -0.3 is 10.2 Å². The van der Waals surface area contributed by atoms with E-state index in [1.165, 1.54) is 119 Å². The van der Waals surface area contributed by atoms with Crippen molar-refractivity contribution in [1.29, 1.82) is 0 Å². The largest absolute Gasteiger partial charge is 0.508 e. The quantitative estimate of drug-likeness (QED) is 0.477. The van der Waals surface area contributed by atoms with Gasteiger partial charge in [0.15, 0.2) is 0 Å². The maximum Gasteiger partial charge on any atom is 0.119 e. The van der Waals surface area contributed by atoms with Crippen LogP contribution in [0.4, 0.5) is 0 Å². The number of rotatable bonds is 4. The highest BCUT2D eigenvalue weighted by molar-refractivity contribution is 5.50. The number of hydrogen-bond acceptors (Lipinski definition) is 2. The average Bonchev–Trinajstić information content (AvgIpc) is 2.86. The molecule has 3 aliphatic rings. The molecule has 2 aromatic rings. The third-order valence-electron chi connectivity index (χ3n) is 9.46. The zero-order valence-corrected chi connectivity index (χ0v) is 21.0. The lowest BCUT2D eigenvalue weighted by atomic mass is 9.65. The number of hydrogen-bond donors (Lipinski definition) is 2. The summed E-state index contributed by atoms with van der Waals surface area (Å²) >= 11 is 0. The first kappa shape index (κ1) is 23.8. The normalized spacial score (nSPS) is 22.7. The fraction of sp³-hybridized carbons (Fsp3) is 0.625. The van der Waals surface area contributed by atoms with Crippen molar-refractivity contribution in [1.82, 2.24) is 0 Å². The molecule has 3 aliphatic carbocycles. The minimum atomic E-state index is -0.0192. The lowest BCUT2D eigenvalue weighted by Gasteiger charge is -2.38. The smallest absolute Gasteiger partial charge is 0.119 e. The summed E-state index contributed by atoms with van der Waals surface area (Å²) in [5.74, 6) is 1.98. The topological polar surface area (TPSA) is 40.5 Å². The van der Waals surface area contributed by atoms with Crippen LogP contribution in [-0.4, -0.2) is 10.2 Å². The van der Waals surface area contributed by atoms with Crippen molar-refractivity contribution in [2.75, 3.05) is 0 Å². The molecule has 0 saturated heterocycles. The van der Waals surface area contributed by atoms with Gasteiger partial charge in [-0.15, -0.1) is 0 Å². The highest BCUT2D eigenvalue weighted by Gasteiger charge is 2.36. The highest BCUT2D eigenvalue weighted by atomic mass is 16.3. The maximum atomic E-state index is 10.9. The molecule has 0 amide bonds. The van der Waals surface area contributed by atoms with E-state index in [4.69, 9.17) is 0 Å². The van der Waals surface area contributed by atoms with Crippen molar-refractivity contribution in [2.45, 2.75) is 126 Å². The van der Waals surface area contributed by atoms with E-state index in [0.29, 0.717) is 23.3 Å². The Balaban J connectivity index is 1.59. The molecule has 34 heavy (non-hydrogen) atoms. The van der Waals surface area contributed by atoms with Gasteiger partial charge in [-0.1, -0.05) is 94.9 Å². The molecule has 184 valence electrons. The molecule has 3 fully saturated rings. The van der Waals surface area contributed by atoms with Crippen LogP contribution >= 0.6 is 0 Å². The number of aromatic hydroxyl groups is 2. The monoisotopic (exact) mass is 460 g/mol. The van der Waals surface area contributed by atoms with E-state index in [0.717, 1.165) is 12.8 Å². The Bertz CT molecular complexity index is 872. The van der Waals surface area contributed by atoms with E-state index in [9.17, 15) is 10.2 Å². The SMILES string of the molecule is Oc1ccc(C2(c3ccc(O)c(C4CCCCC4)c3)CCCCCCC2)cc1C1CCCCC1. The van der Waals surface area contributed by atoms with Gasteiger partial charge in [0.2, 0.25) is 0 Å². The average molecular weight is 461 g/mol. The molecule has 0 unspecified atom stereocenters. The van der Waals surface area contributed by atoms with E-state index in [-0.39, 0.29) is 5.41 Å². The zero-order chi connectivity index (χ0) is 23.4. The summed E-state index contributed by atoms with van der Waals surface area (Å²) in [6.07, 6.45) is 21.4. The van der Waals surface area contributed by atoms with Gasteiger partial charge in [-0.05, 0) is 84.7 Å². The third kappa shape index (κ3) is 4.88. The predicted octanol–water partition coefficient (Wildman–Crippen LogP) is 9.22. The van der Waals surface area contributed by atoms with Crippen molar-refractivity contribution in [2.24, 2.45) is 0 Å². The van der Waals surface area contributed by atoms with Gasteiger partial charge in [0, 0.05) is 5.41 Å². The molecular formula is C32H44O2. The Kier molecular flexibility index (Phi) is 7.52. The summed E-state index contributed by atoms with van der Waals surface area (Å²) in [7, 11) is 0. The van der Waals surface area contributed by atoms with Crippen LogP contribution in [0.3, 0.4) is 0 Å². The summed E-state index contributed by atoms with van der Waals surface area (Å²) in [5, 5.41) is 21.7. The van der Waals surface area contributed by atoms with Crippen molar-refractivity contribution in [3.63, 3.8) is 0 Å². The van der Waals surface area contributed by atoms with Gasteiger partial charge in [0.05, 0.1) is 0 Å². The predicted molar refractivity (Wildman–Crippen MR) is 141 cm³/mol. The van der Waals surface area contributed by atoms with Gasteiger partial charge in [0.1, 0.15) is 11.5 Å². The summed E-state index contributed by atoms with van der Waals surface area (Å²) in [4.78, 5) is 0. The number of phenolic OH excluding ortho intramolecular Hbond substituents is 2. The van der Waals surface area contributed by atoms with Crippen LogP contribution < -0.4 is 0 Å². The molecule has 0 atom stereocenters. The zero-order valence-electron chi connectivity index (χ0n) is 21.0. The molecule has 0 aromatic heterocycles. The molecule has 0 bridgehead atoms. The Hall–Kier alpha value is -1.96. The molecule has 2 N–H and O–H groups in total. The van der Waals surface area contributed by atoms with Gasteiger partial charge in [0.25, 0.3) is 0 Å². The first-order chi connectivity index (χ1) is 16.7. The van der Waals surface area contributed by atoms with Crippen molar-refractivity contribution in [3.8, 4) is 11.5 Å². The Labute approximate surface area is 206 Å². The first-order valence-electron chi connectivity index (χ1n) is 14.3. The maximum absolute atomic E-state index is 10.9. The lowest BCUT2D eigenvalue weighted by molar-refractivity contribution is 0.361. The molecular weight excluding hydrogens is 416 g/mol. The fourth-order valence-electron chi connectivity index (χ4n) is 7.44. The van der Waals surface area contributed by atoms with Gasteiger partial charge >= 0.3 is 0 Å². The first-order valence-corrected chi connectivity index (χ1v) is 14.3. The second kappa shape index (κ2) is 10.8. The molecule has 5 rings (SSSR count).